The second-order valence-electron chi connectivity index (χ2n) is 8.11. The van der Waals surface area contributed by atoms with Gasteiger partial charge in [-0.05, 0) is 43.5 Å². The van der Waals surface area contributed by atoms with E-state index in [1.807, 2.05) is 6.07 Å². The Labute approximate surface area is 192 Å². The number of hydrogen-bond acceptors (Lipinski definition) is 7. The molecule has 3 aromatic rings. The number of halogens is 1. The van der Waals surface area contributed by atoms with Crippen LogP contribution in [0, 0.1) is 6.92 Å². The van der Waals surface area contributed by atoms with Crippen molar-refractivity contribution in [3.8, 4) is 28.7 Å². The van der Waals surface area contributed by atoms with Crippen LogP contribution in [0.15, 0.2) is 28.8 Å². The minimum absolute atomic E-state index is 0.252. The first-order valence-corrected chi connectivity index (χ1v) is 12.7. The third kappa shape index (κ3) is 5.05. The van der Waals surface area contributed by atoms with Gasteiger partial charge in [0.05, 0.1) is 24.1 Å². The Bertz CT molecular complexity index is 1210. The Balaban J connectivity index is 1.67. The topological polar surface area (TPSA) is 107 Å². The van der Waals surface area contributed by atoms with Crippen LogP contribution in [0.5, 0.6) is 5.88 Å². The summed E-state index contributed by atoms with van der Waals surface area (Å²) in [7, 11) is -1.86. The zero-order chi connectivity index (χ0) is 22.9. The monoisotopic (exact) mass is 476 g/mol. The van der Waals surface area contributed by atoms with Crippen molar-refractivity contribution in [3.63, 3.8) is 0 Å². The summed E-state index contributed by atoms with van der Waals surface area (Å²) < 4.78 is 36.6. The van der Waals surface area contributed by atoms with Crippen molar-refractivity contribution in [1.29, 1.82) is 0 Å². The van der Waals surface area contributed by atoms with Crippen molar-refractivity contribution in [2.24, 2.45) is 0 Å². The maximum atomic E-state index is 11.6. The number of aryl methyl sites for hydroxylation is 1. The van der Waals surface area contributed by atoms with Gasteiger partial charge in [-0.15, -0.1) is 0 Å². The number of anilines is 1. The quantitative estimate of drug-likeness (QED) is 0.521. The van der Waals surface area contributed by atoms with Gasteiger partial charge in [0.25, 0.3) is 5.89 Å². The highest BCUT2D eigenvalue weighted by Crippen LogP contribution is 2.36. The Morgan fingerprint density at radius 1 is 1.09 bits per heavy atom. The van der Waals surface area contributed by atoms with Crippen LogP contribution in [0.4, 0.5) is 5.69 Å². The normalized spacial score (nSPS) is 15.0. The molecule has 0 bridgehead atoms. The zero-order valence-electron chi connectivity index (χ0n) is 18.2. The molecule has 1 N–H and O–H groups in total. The lowest BCUT2D eigenvalue weighted by Crippen LogP contribution is -2.11. The average Bonchev–Trinajstić information content (AvgIpc) is 3.26. The van der Waals surface area contributed by atoms with Crippen LogP contribution in [0.2, 0.25) is 5.02 Å². The molecule has 1 aliphatic carbocycles. The summed E-state index contributed by atoms with van der Waals surface area (Å²) >= 11 is 6.32. The fraction of sp³-hybridized carbons (Fsp3) is 0.409. The van der Waals surface area contributed by atoms with E-state index >= 15 is 0 Å². The van der Waals surface area contributed by atoms with Gasteiger partial charge in [0.2, 0.25) is 21.7 Å². The van der Waals surface area contributed by atoms with E-state index in [0.29, 0.717) is 40.3 Å². The summed E-state index contributed by atoms with van der Waals surface area (Å²) in [4.78, 5) is 9.18. The molecule has 170 valence electrons. The van der Waals surface area contributed by atoms with Crippen molar-refractivity contribution in [3.05, 3.63) is 40.5 Å². The minimum atomic E-state index is -3.45. The van der Waals surface area contributed by atoms with Crippen LogP contribution in [0.1, 0.15) is 49.3 Å². The van der Waals surface area contributed by atoms with E-state index in [9.17, 15) is 8.42 Å². The summed E-state index contributed by atoms with van der Waals surface area (Å²) in [5, 5.41) is 4.35. The lowest BCUT2D eigenvalue weighted by molar-refractivity contribution is 0.386. The Kier molecular flexibility index (Phi) is 6.39. The lowest BCUT2D eigenvalue weighted by atomic mass is 9.86. The molecular formula is C22H25ClN4O4S. The molecule has 0 amide bonds. The number of sulfonamides is 1. The third-order valence-corrected chi connectivity index (χ3v) is 6.43. The molecule has 0 aliphatic heterocycles. The van der Waals surface area contributed by atoms with Gasteiger partial charge in [0.1, 0.15) is 0 Å². The molecule has 2 heterocycles. The number of hydrogen-bond donors (Lipinski definition) is 1. The summed E-state index contributed by atoms with van der Waals surface area (Å²) in [5.41, 5.74) is 3.32. The first-order valence-electron chi connectivity index (χ1n) is 10.4. The van der Waals surface area contributed by atoms with Gasteiger partial charge in [0.15, 0.2) is 0 Å². The van der Waals surface area contributed by atoms with Crippen LogP contribution in [0.3, 0.4) is 0 Å². The smallest absolute Gasteiger partial charge is 0.258 e. The molecule has 0 spiro atoms. The molecule has 0 unspecified atom stereocenters. The molecule has 1 fully saturated rings. The number of rotatable bonds is 6. The highest BCUT2D eigenvalue weighted by Gasteiger charge is 2.21. The first kappa shape index (κ1) is 22.5. The summed E-state index contributed by atoms with van der Waals surface area (Å²) in [6.07, 6.45) is 6.97. The molecule has 1 aliphatic rings. The van der Waals surface area contributed by atoms with Gasteiger partial charge in [-0.1, -0.05) is 36.0 Å². The maximum absolute atomic E-state index is 11.6. The molecule has 2 aromatic heterocycles. The molecular weight excluding hydrogens is 452 g/mol. The van der Waals surface area contributed by atoms with Crippen molar-refractivity contribution in [2.75, 3.05) is 18.1 Å². The van der Waals surface area contributed by atoms with Gasteiger partial charge in [-0.25, -0.2) is 13.4 Å². The van der Waals surface area contributed by atoms with Gasteiger partial charge in [-0.2, -0.15) is 4.98 Å². The molecule has 0 atom stereocenters. The Morgan fingerprint density at radius 3 is 2.50 bits per heavy atom. The fourth-order valence-electron chi connectivity index (χ4n) is 4.01. The number of aromatic nitrogens is 3. The van der Waals surface area contributed by atoms with Gasteiger partial charge >= 0.3 is 0 Å². The number of nitrogens with zero attached hydrogens (tertiary/aromatic N) is 3. The lowest BCUT2D eigenvalue weighted by Gasteiger charge is -2.21. The molecule has 10 heteroatoms. The van der Waals surface area contributed by atoms with E-state index in [-0.39, 0.29) is 5.02 Å². The molecule has 0 radical (unpaired) electrons. The predicted molar refractivity (Wildman–Crippen MR) is 124 cm³/mol. The molecule has 1 saturated carbocycles. The van der Waals surface area contributed by atoms with Gasteiger partial charge in [-0.3, -0.25) is 4.72 Å². The summed E-state index contributed by atoms with van der Waals surface area (Å²) in [6, 6.07) is 7.14. The van der Waals surface area contributed by atoms with Crippen LogP contribution >= 0.6 is 11.6 Å². The van der Waals surface area contributed by atoms with Crippen molar-refractivity contribution in [1.82, 2.24) is 15.1 Å². The van der Waals surface area contributed by atoms with Crippen LogP contribution in [0.25, 0.3) is 22.8 Å². The maximum Gasteiger partial charge on any atom is 0.258 e. The van der Waals surface area contributed by atoms with E-state index in [0.717, 1.165) is 30.4 Å². The second-order valence-corrected chi connectivity index (χ2v) is 10.3. The molecule has 4 rings (SSSR count). The summed E-state index contributed by atoms with van der Waals surface area (Å²) in [6.45, 7) is 1.76. The van der Waals surface area contributed by atoms with E-state index < -0.39 is 10.0 Å². The predicted octanol–water partition coefficient (Wildman–Crippen LogP) is 5.19. The van der Waals surface area contributed by atoms with Gasteiger partial charge < -0.3 is 9.26 Å². The highest BCUT2D eigenvalue weighted by molar-refractivity contribution is 7.92. The van der Waals surface area contributed by atoms with E-state index in [1.165, 1.54) is 19.3 Å². The number of methoxy groups -OCH3 is 1. The molecule has 32 heavy (non-hydrogen) atoms. The highest BCUT2D eigenvalue weighted by atomic mass is 35.5. The van der Waals surface area contributed by atoms with Crippen molar-refractivity contribution < 1.29 is 17.7 Å². The fourth-order valence-corrected chi connectivity index (χ4v) is 5.02. The number of benzene rings is 1. The third-order valence-electron chi connectivity index (χ3n) is 5.56. The van der Waals surface area contributed by atoms with E-state index in [1.54, 1.807) is 32.2 Å². The summed E-state index contributed by atoms with van der Waals surface area (Å²) in [5.74, 6) is 1.62. The average molecular weight is 477 g/mol. The minimum Gasteiger partial charge on any atom is -0.481 e. The number of nitrogens with one attached hydrogen (secondary N) is 1. The second kappa shape index (κ2) is 9.07. The molecule has 8 nitrogen and oxygen atoms in total. The van der Waals surface area contributed by atoms with Gasteiger partial charge in [0, 0.05) is 28.8 Å². The Morgan fingerprint density at radius 2 is 1.84 bits per heavy atom. The zero-order valence-corrected chi connectivity index (χ0v) is 19.8. The first-order chi connectivity index (χ1) is 15.2. The number of ether oxygens (including phenoxy) is 1. The molecule has 1 aromatic carbocycles. The van der Waals surface area contributed by atoms with Crippen LogP contribution < -0.4 is 9.46 Å². The van der Waals surface area contributed by atoms with E-state index in [4.69, 9.17) is 20.9 Å². The van der Waals surface area contributed by atoms with Crippen LogP contribution in [-0.4, -0.2) is 36.9 Å². The Hall–Kier alpha value is -2.65. The van der Waals surface area contributed by atoms with Crippen LogP contribution in [-0.2, 0) is 10.0 Å². The molecule has 0 saturated heterocycles. The largest absolute Gasteiger partial charge is 0.481 e. The van der Waals surface area contributed by atoms with Crippen molar-refractivity contribution in [2.45, 2.75) is 44.9 Å². The number of pyridine rings is 1. The van der Waals surface area contributed by atoms with Crippen molar-refractivity contribution >= 4 is 27.3 Å². The van der Waals surface area contributed by atoms with E-state index in [2.05, 4.69) is 19.8 Å². The SMILES string of the molecule is COc1cc(-c2nc(-c3cc(C)c(NS(C)(=O)=O)c(Cl)c3)no2)cc(C2CCCCC2)n1. The standard InChI is InChI=1S/C22H25ClN4O4S/c1-13-9-15(10-17(23)20(13)27-32(3,28)29)21-25-22(31-26-21)16-11-18(24-19(12-16)30-2)14-7-5-4-6-8-14/h9-12,14,27H,4-8H2,1-3H3.